The van der Waals surface area contributed by atoms with Crippen LogP contribution in [0.25, 0.3) is 0 Å². The first-order valence-electron chi connectivity index (χ1n) is 8.85. The van der Waals surface area contributed by atoms with E-state index in [1.165, 1.54) is 44.9 Å². The predicted molar refractivity (Wildman–Crippen MR) is 93.1 cm³/mol. The van der Waals surface area contributed by atoms with Gasteiger partial charge in [0, 0.05) is 27.2 Å². The fraction of sp³-hybridized carbons (Fsp3) is 0.882. The standard InChI is InChI=1S/C17H34N4O/c1-4-5-9-12-18-17(20-14-16(22)21(2)3)19-13-15-10-7-6-8-11-15/h15H,4-14H2,1-3H3,(H2,18,19,20). The van der Waals surface area contributed by atoms with E-state index in [-0.39, 0.29) is 12.5 Å². The molecule has 1 fully saturated rings. The van der Waals surface area contributed by atoms with Crippen LogP contribution in [0.4, 0.5) is 0 Å². The summed E-state index contributed by atoms with van der Waals surface area (Å²) in [6.45, 7) is 4.29. The number of amides is 1. The van der Waals surface area contributed by atoms with Crippen molar-refractivity contribution >= 4 is 11.9 Å². The summed E-state index contributed by atoms with van der Waals surface area (Å²) >= 11 is 0. The number of nitrogens with one attached hydrogen (secondary N) is 2. The van der Waals surface area contributed by atoms with Gasteiger partial charge in [-0.15, -0.1) is 0 Å². The van der Waals surface area contributed by atoms with E-state index in [9.17, 15) is 4.79 Å². The van der Waals surface area contributed by atoms with E-state index in [1.54, 1.807) is 19.0 Å². The molecule has 1 aliphatic carbocycles. The molecule has 0 radical (unpaired) electrons. The van der Waals surface area contributed by atoms with E-state index in [1.807, 2.05) is 0 Å². The first kappa shape index (κ1) is 18.8. The number of carbonyl (C=O) groups is 1. The molecule has 0 aromatic heterocycles. The molecule has 0 aromatic rings. The fourth-order valence-electron chi connectivity index (χ4n) is 2.68. The molecule has 0 atom stereocenters. The number of hydrogen-bond donors (Lipinski definition) is 2. The molecule has 1 rings (SSSR count). The van der Waals surface area contributed by atoms with Gasteiger partial charge in [0.25, 0.3) is 0 Å². The third kappa shape index (κ3) is 8.25. The van der Waals surface area contributed by atoms with Crippen molar-refractivity contribution in [2.24, 2.45) is 10.9 Å². The molecule has 5 nitrogen and oxygen atoms in total. The molecular weight excluding hydrogens is 276 g/mol. The van der Waals surface area contributed by atoms with Crippen LogP contribution in [-0.4, -0.2) is 50.5 Å². The molecule has 1 amide bonds. The lowest BCUT2D eigenvalue weighted by molar-refractivity contribution is -0.127. The van der Waals surface area contributed by atoms with Crippen LogP contribution in [0, 0.1) is 5.92 Å². The fourth-order valence-corrected chi connectivity index (χ4v) is 2.68. The average Bonchev–Trinajstić information content (AvgIpc) is 2.53. The topological polar surface area (TPSA) is 56.7 Å². The Kier molecular flexibility index (Phi) is 9.67. The van der Waals surface area contributed by atoms with E-state index in [0.29, 0.717) is 0 Å². The molecule has 0 aliphatic heterocycles. The molecule has 0 unspecified atom stereocenters. The molecule has 22 heavy (non-hydrogen) atoms. The Morgan fingerprint density at radius 3 is 2.50 bits per heavy atom. The van der Waals surface area contributed by atoms with Gasteiger partial charge in [-0.1, -0.05) is 39.0 Å². The van der Waals surface area contributed by atoms with Crippen LogP contribution < -0.4 is 10.6 Å². The Morgan fingerprint density at radius 2 is 1.86 bits per heavy atom. The number of aliphatic imine (C=N–C) groups is 1. The third-order valence-electron chi connectivity index (χ3n) is 4.23. The van der Waals surface area contributed by atoms with Crippen molar-refractivity contribution in [1.82, 2.24) is 15.5 Å². The van der Waals surface area contributed by atoms with E-state index >= 15 is 0 Å². The summed E-state index contributed by atoms with van der Waals surface area (Å²) < 4.78 is 0. The van der Waals surface area contributed by atoms with Gasteiger partial charge in [0.05, 0.1) is 0 Å². The number of guanidine groups is 1. The maximum Gasteiger partial charge on any atom is 0.243 e. The summed E-state index contributed by atoms with van der Waals surface area (Å²) in [6, 6.07) is 0. The van der Waals surface area contributed by atoms with Gasteiger partial charge in [-0.25, -0.2) is 4.99 Å². The predicted octanol–water partition coefficient (Wildman–Crippen LogP) is 2.38. The van der Waals surface area contributed by atoms with Crippen LogP contribution in [-0.2, 0) is 4.79 Å². The Hall–Kier alpha value is -1.26. The first-order chi connectivity index (χ1) is 10.6. The number of nitrogens with zero attached hydrogens (tertiary/aromatic N) is 2. The molecule has 0 aromatic carbocycles. The minimum atomic E-state index is 0.0346. The zero-order chi connectivity index (χ0) is 16.2. The molecule has 5 heteroatoms. The van der Waals surface area contributed by atoms with Crippen molar-refractivity contribution in [3.8, 4) is 0 Å². The van der Waals surface area contributed by atoms with Crippen molar-refractivity contribution in [2.75, 3.05) is 33.7 Å². The van der Waals surface area contributed by atoms with Gasteiger partial charge in [0.1, 0.15) is 6.54 Å². The Balaban J connectivity index is 2.41. The third-order valence-corrected chi connectivity index (χ3v) is 4.23. The average molecular weight is 310 g/mol. The maximum atomic E-state index is 11.7. The summed E-state index contributed by atoms with van der Waals surface area (Å²) in [5, 5.41) is 6.79. The van der Waals surface area contributed by atoms with E-state index in [2.05, 4.69) is 22.5 Å². The van der Waals surface area contributed by atoms with E-state index in [0.717, 1.165) is 31.4 Å². The zero-order valence-electron chi connectivity index (χ0n) is 14.7. The van der Waals surface area contributed by atoms with Crippen molar-refractivity contribution in [3.63, 3.8) is 0 Å². The molecule has 0 spiro atoms. The van der Waals surface area contributed by atoms with Crippen molar-refractivity contribution in [1.29, 1.82) is 0 Å². The number of rotatable bonds is 8. The van der Waals surface area contributed by atoms with Crippen LogP contribution in [0.15, 0.2) is 4.99 Å². The smallest absolute Gasteiger partial charge is 0.243 e. The minimum absolute atomic E-state index is 0.0346. The van der Waals surface area contributed by atoms with Gasteiger partial charge in [0.2, 0.25) is 5.91 Å². The number of hydrogen-bond acceptors (Lipinski definition) is 2. The van der Waals surface area contributed by atoms with Crippen LogP contribution in [0.1, 0.15) is 58.3 Å². The SMILES string of the molecule is CCCCCNC(=NCC(=O)N(C)C)NCC1CCCCC1. The summed E-state index contributed by atoms with van der Waals surface area (Å²) in [5.41, 5.74) is 0. The molecule has 0 bridgehead atoms. The molecular formula is C17H34N4O. The second-order valence-corrected chi connectivity index (χ2v) is 6.47. The highest BCUT2D eigenvalue weighted by Crippen LogP contribution is 2.22. The second-order valence-electron chi connectivity index (χ2n) is 6.47. The lowest BCUT2D eigenvalue weighted by Gasteiger charge is -2.23. The molecule has 1 aliphatic rings. The molecule has 128 valence electrons. The molecule has 0 saturated heterocycles. The van der Waals surface area contributed by atoms with Crippen LogP contribution >= 0.6 is 0 Å². The van der Waals surface area contributed by atoms with E-state index in [4.69, 9.17) is 0 Å². The van der Waals surface area contributed by atoms with Crippen LogP contribution in [0.5, 0.6) is 0 Å². The van der Waals surface area contributed by atoms with Gasteiger partial charge < -0.3 is 15.5 Å². The quantitative estimate of drug-likeness (QED) is 0.411. The van der Waals surface area contributed by atoms with Crippen molar-refractivity contribution in [3.05, 3.63) is 0 Å². The molecule has 1 saturated carbocycles. The summed E-state index contributed by atoms with van der Waals surface area (Å²) in [7, 11) is 3.53. The number of unbranched alkanes of at least 4 members (excludes halogenated alkanes) is 2. The summed E-state index contributed by atoms with van der Waals surface area (Å²) in [5.74, 6) is 1.57. The monoisotopic (exact) mass is 310 g/mol. The summed E-state index contributed by atoms with van der Waals surface area (Å²) in [6.07, 6.45) is 10.3. The highest BCUT2D eigenvalue weighted by Gasteiger charge is 2.13. The van der Waals surface area contributed by atoms with Gasteiger partial charge in [-0.3, -0.25) is 4.79 Å². The molecule has 2 N–H and O–H groups in total. The van der Waals surface area contributed by atoms with E-state index < -0.39 is 0 Å². The normalized spacial score (nSPS) is 16.4. The van der Waals surface area contributed by atoms with Crippen LogP contribution in [0.3, 0.4) is 0 Å². The highest BCUT2D eigenvalue weighted by molar-refractivity contribution is 5.84. The Labute approximate surface area is 135 Å². The Bertz CT molecular complexity index is 336. The number of likely N-dealkylation sites (N-methyl/N-ethyl adjacent to an activating group) is 1. The van der Waals surface area contributed by atoms with Crippen molar-refractivity contribution < 1.29 is 4.79 Å². The summed E-state index contributed by atoms with van der Waals surface area (Å²) in [4.78, 5) is 17.7. The first-order valence-corrected chi connectivity index (χ1v) is 8.85. The van der Waals surface area contributed by atoms with Gasteiger partial charge in [-0.2, -0.15) is 0 Å². The Morgan fingerprint density at radius 1 is 1.14 bits per heavy atom. The van der Waals surface area contributed by atoms with Gasteiger partial charge in [0.15, 0.2) is 5.96 Å². The minimum Gasteiger partial charge on any atom is -0.356 e. The largest absolute Gasteiger partial charge is 0.356 e. The van der Waals surface area contributed by atoms with Gasteiger partial charge >= 0.3 is 0 Å². The van der Waals surface area contributed by atoms with Crippen LogP contribution in [0.2, 0.25) is 0 Å². The van der Waals surface area contributed by atoms with Crippen molar-refractivity contribution in [2.45, 2.75) is 58.3 Å². The molecule has 0 heterocycles. The highest BCUT2D eigenvalue weighted by atomic mass is 16.2. The van der Waals surface area contributed by atoms with Gasteiger partial charge in [-0.05, 0) is 25.2 Å². The lowest BCUT2D eigenvalue weighted by atomic mass is 9.89. The zero-order valence-corrected chi connectivity index (χ0v) is 14.7. The second kappa shape index (κ2) is 11.3. The maximum absolute atomic E-state index is 11.7. The lowest BCUT2D eigenvalue weighted by Crippen LogP contribution is -2.41. The number of carbonyl (C=O) groups excluding carboxylic acids is 1.